The van der Waals surface area contributed by atoms with Crippen molar-refractivity contribution < 1.29 is 14.3 Å². The van der Waals surface area contributed by atoms with Crippen LogP contribution in [0.3, 0.4) is 0 Å². The number of ether oxygens (including phenoxy) is 1. The fourth-order valence-electron chi connectivity index (χ4n) is 2.11. The van der Waals surface area contributed by atoms with Crippen LogP contribution in [0.25, 0.3) is 0 Å². The van der Waals surface area contributed by atoms with Gasteiger partial charge in [0.25, 0.3) is 0 Å². The zero-order chi connectivity index (χ0) is 15.3. The van der Waals surface area contributed by atoms with E-state index >= 15 is 0 Å². The van der Waals surface area contributed by atoms with E-state index in [1.54, 1.807) is 18.2 Å². The summed E-state index contributed by atoms with van der Waals surface area (Å²) in [6.45, 7) is 6.30. The number of benzene rings is 1. The standard InChI is InChI=1S/C16H20N2O3/c1-3-11-17-14(19)16(9-10-16)15(20)18-12-7-5-6-8-13(12)21-4-2/h3,5-8H,1,4,9-11H2,2H3,(H,17,19)(H,18,20). The summed E-state index contributed by atoms with van der Waals surface area (Å²) in [5.41, 5.74) is -0.352. The predicted octanol–water partition coefficient (Wildman–Crippen LogP) is 2.11. The Morgan fingerprint density at radius 2 is 2.05 bits per heavy atom. The third-order valence-corrected chi connectivity index (χ3v) is 3.46. The van der Waals surface area contributed by atoms with E-state index in [9.17, 15) is 9.59 Å². The maximum Gasteiger partial charge on any atom is 0.240 e. The van der Waals surface area contributed by atoms with Gasteiger partial charge in [0.15, 0.2) is 0 Å². The molecule has 1 fully saturated rings. The summed E-state index contributed by atoms with van der Waals surface area (Å²) in [5, 5.41) is 5.50. The maximum atomic E-state index is 12.4. The van der Waals surface area contributed by atoms with Crippen molar-refractivity contribution in [2.75, 3.05) is 18.5 Å². The predicted molar refractivity (Wildman–Crippen MR) is 81.1 cm³/mol. The Morgan fingerprint density at radius 1 is 1.33 bits per heavy atom. The molecule has 1 aliphatic rings. The van der Waals surface area contributed by atoms with Crippen molar-refractivity contribution in [3.8, 4) is 5.75 Å². The molecular formula is C16H20N2O3. The summed E-state index contributed by atoms with van der Waals surface area (Å²) in [4.78, 5) is 24.5. The first-order valence-electron chi connectivity index (χ1n) is 7.06. The fraction of sp³-hybridized carbons (Fsp3) is 0.375. The number of nitrogens with one attached hydrogen (secondary N) is 2. The molecule has 2 amide bonds. The molecule has 21 heavy (non-hydrogen) atoms. The first-order chi connectivity index (χ1) is 10.1. The molecule has 5 nitrogen and oxygen atoms in total. The third-order valence-electron chi connectivity index (χ3n) is 3.46. The number of hydrogen-bond donors (Lipinski definition) is 2. The van der Waals surface area contributed by atoms with E-state index in [-0.39, 0.29) is 11.8 Å². The van der Waals surface area contributed by atoms with Gasteiger partial charge in [-0.05, 0) is 31.9 Å². The monoisotopic (exact) mass is 288 g/mol. The summed E-state index contributed by atoms with van der Waals surface area (Å²) in [7, 11) is 0. The average Bonchev–Trinajstić information content (AvgIpc) is 3.29. The topological polar surface area (TPSA) is 67.4 Å². The third kappa shape index (κ3) is 3.24. The van der Waals surface area contributed by atoms with Crippen LogP contribution in [0.4, 0.5) is 5.69 Å². The van der Waals surface area contributed by atoms with Crippen LogP contribution < -0.4 is 15.4 Å². The minimum absolute atomic E-state index is 0.242. The van der Waals surface area contributed by atoms with Crippen LogP contribution in [-0.2, 0) is 9.59 Å². The first kappa shape index (κ1) is 15.1. The lowest BCUT2D eigenvalue weighted by Crippen LogP contribution is -2.40. The van der Waals surface area contributed by atoms with E-state index in [0.717, 1.165) is 0 Å². The maximum absolute atomic E-state index is 12.4. The Kier molecular flexibility index (Phi) is 4.62. The van der Waals surface area contributed by atoms with Crippen LogP contribution >= 0.6 is 0 Å². The minimum Gasteiger partial charge on any atom is -0.492 e. The summed E-state index contributed by atoms with van der Waals surface area (Å²) >= 11 is 0. The van der Waals surface area contributed by atoms with Gasteiger partial charge in [-0.25, -0.2) is 0 Å². The van der Waals surface area contributed by atoms with Crippen molar-refractivity contribution in [3.63, 3.8) is 0 Å². The molecule has 1 aromatic rings. The van der Waals surface area contributed by atoms with Gasteiger partial charge in [0, 0.05) is 6.54 Å². The number of hydrogen-bond acceptors (Lipinski definition) is 3. The molecule has 2 N–H and O–H groups in total. The van der Waals surface area contributed by atoms with Crippen LogP contribution in [0.1, 0.15) is 19.8 Å². The normalized spacial score (nSPS) is 14.9. The van der Waals surface area contributed by atoms with Gasteiger partial charge in [-0.2, -0.15) is 0 Å². The van der Waals surface area contributed by atoms with Crippen molar-refractivity contribution in [2.24, 2.45) is 5.41 Å². The van der Waals surface area contributed by atoms with E-state index in [0.29, 0.717) is 37.4 Å². The van der Waals surface area contributed by atoms with Gasteiger partial charge in [0.05, 0.1) is 12.3 Å². The lowest BCUT2D eigenvalue weighted by atomic mass is 10.0. The van der Waals surface area contributed by atoms with Gasteiger partial charge in [-0.1, -0.05) is 18.2 Å². The molecule has 0 unspecified atom stereocenters. The molecular weight excluding hydrogens is 268 g/mol. The number of para-hydroxylation sites is 2. The lowest BCUT2D eigenvalue weighted by Gasteiger charge is -2.16. The van der Waals surface area contributed by atoms with Crippen molar-refractivity contribution >= 4 is 17.5 Å². The Hall–Kier alpha value is -2.30. The number of carbonyl (C=O) groups excluding carboxylic acids is 2. The molecule has 0 atom stereocenters. The van der Waals surface area contributed by atoms with Gasteiger partial charge in [0.1, 0.15) is 11.2 Å². The van der Waals surface area contributed by atoms with E-state index in [4.69, 9.17) is 4.74 Å². The van der Waals surface area contributed by atoms with Crippen molar-refractivity contribution in [3.05, 3.63) is 36.9 Å². The molecule has 0 spiro atoms. The lowest BCUT2D eigenvalue weighted by molar-refractivity contribution is -0.134. The van der Waals surface area contributed by atoms with E-state index in [1.165, 1.54) is 0 Å². The number of carbonyl (C=O) groups is 2. The fourth-order valence-corrected chi connectivity index (χ4v) is 2.11. The van der Waals surface area contributed by atoms with Gasteiger partial charge in [-0.15, -0.1) is 6.58 Å². The zero-order valence-electron chi connectivity index (χ0n) is 12.1. The van der Waals surface area contributed by atoms with Gasteiger partial charge in [-0.3, -0.25) is 9.59 Å². The number of rotatable bonds is 7. The summed E-state index contributed by atoms with van der Waals surface area (Å²) in [6, 6.07) is 7.21. The number of anilines is 1. The summed E-state index contributed by atoms with van der Waals surface area (Å²) < 4.78 is 5.47. The van der Waals surface area contributed by atoms with Crippen LogP contribution in [0.2, 0.25) is 0 Å². The first-order valence-corrected chi connectivity index (χ1v) is 7.06. The Labute approximate surface area is 124 Å². The molecule has 2 rings (SSSR count). The minimum atomic E-state index is -0.942. The Bertz CT molecular complexity index is 550. The average molecular weight is 288 g/mol. The molecule has 0 aliphatic heterocycles. The zero-order valence-corrected chi connectivity index (χ0v) is 12.1. The molecule has 1 aromatic carbocycles. The van der Waals surface area contributed by atoms with Crippen LogP contribution in [0, 0.1) is 5.41 Å². The van der Waals surface area contributed by atoms with Crippen molar-refractivity contribution in [1.29, 1.82) is 0 Å². The molecule has 0 aromatic heterocycles. The molecule has 0 bridgehead atoms. The quantitative estimate of drug-likeness (QED) is 0.596. The second-order valence-electron chi connectivity index (χ2n) is 4.96. The van der Waals surface area contributed by atoms with Crippen molar-refractivity contribution in [1.82, 2.24) is 5.32 Å². The second-order valence-corrected chi connectivity index (χ2v) is 4.96. The smallest absolute Gasteiger partial charge is 0.240 e. The van der Waals surface area contributed by atoms with Gasteiger partial charge < -0.3 is 15.4 Å². The van der Waals surface area contributed by atoms with Gasteiger partial charge in [0.2, 0.25) is 11.8 Å². The summed E-state index contributed by atoms with van der Waals surface area (Å²) in [6.07, 6.45) is 2.73. The SMILES string of the molecule is C=CCNC(=O)C1(C(=O)Nc2ccccc2OCC)CC1. The van der Waals surface area contributed by atoms with E-state index in [1.807, 2.05) is 19.1 Å². The molecule has 5 heteroatoms. The van der Waals surface area contributed by atoms with Gasteiger partial charge >= 0.3 is 0 Å². The Balaban J connectivity index is 2.08. The van der Waals surface area contributed by atoms with Crippen LogP contribution in [0.15, 0.2) is 36.9 Å². The molecule has 0 heterocycles. The van der Waals surface area contributed by atoms with E-state index < -0.39 is 5.41 Å². The Morgan fingerprint density at radius 3 is 2.67 bits per heavy atom. The number of amides is 2. The largest absolute Gasteiger partial charge is 0.492 e. The highest BCUT2D eigenvalue weighted by Crippen LogP contribution is 2.47. The van der Waals surface area contributed by atoms with E-state index in [2.05, 4.69) is 17.2 Å². The molecule has 1 saturated carbocycles. The molecule has 1 aliphatic carbocycles. The highest BCUT2D eigenvalue weighted by atomic mass is 16.5. The van der Waals surface area contributed by atoms with Crippen LogP contribution in [-0.4, -0.2) is 25.0 Å². The highest BCUT2D eigenvalue weighted by Gasteiger charge is 2.56. The van der Waals surface area contributed by atoms with Crippen LogP contribution in [0.5, 0.6) is 5.75 Å². The molecule has 0 saturated heterocycles. The molecule has 0 radical (unpaired) electrons. The highest BCUT2D eigenvalue weighted by molar-refractivity contribution is 6.13. The second kappa shape index (κ2) is 6.43. The molecule has 112 valence electrons. The van der Waals surface area contributed by atoms with Crippen molar-refractivity contribution in [2.45, 2.75) is 19.8 Å². The summed E-state index contributed by atoms with van der Waals surface area (Å²) in [5.74, 6) is 0.0839.